The van der Waals surface area contributed by atoms with Crippen molar-refractivity contribution in [3.63, 3.8) is 0 Å². The van der Waals surface area contributed by atoms with Crippen molar-refractivity contribution in [2.45, 2.75) is 13.8 Å². The fraction of sp³-hybridized carbons (Fsp3) is 0.120. The minimum absolute atomic E-state index is 0.231. The van der Waals surface area contributed by atoms with E-state index in [9.17, 15) is 4.79 Å². The minimum atomic E-state index is -0.231. The lowest BCUT2D eigenvalue weighted by molar-refractivity contribution is -0.111. The number of ether oxygens (including phenoxy) is 2. The first-order valence-electron chi connectivity index (χ1n) is 10.3. The van der Waals surface area contributed by atoms with Crippen LogP contribution in [0.2, 0.25) is 0 Å². The third kappa shape index (κ3) is 5.62. The van der Waals surface area contributed by atoms with E-state index in [0.29, 0.717) is 23.1 Å². The van der Waals surface area contributed by atoms with Crippen molar-refractivity contribution < 1.29 is 14.3 Å². The van der Waals surface area contributed by atoms with Gasteiger partial charge in [0.25, 0.3) is 0 Å². The molecule has 8 heteroatoms. The predicted octanol–water partition coefficient (Wildman–Crippen LogP) is 4.73. The maximum absolute atomic E-state index is 12.2. The van der Waals surface area contributed by atoms with Crippen LogP contribution in [0.15, 0.2) is 72.8 Å². The molecule has 0 saturated carbocycles. The second-order valence-corrected chi connectivity index (χ2v) is 7.29. The molecule has 4 aromatic rings. The quantitative estimate of drug-likeness (QED) is 0.417. The smallest absolute Gasteiger partial charge is 0.248 e. The van der Waals surface area contributed by atoms with Crippen LogP contribution in [0.5, 0.6) is 17.4 Å². The molecule has 1 N–H and O–H groups in total. The van der Waals surface area contributed by atoms with E-state index in [-0.39, 0.29) is 5.91 Å². The summed E-state index contributed by atoms with van der Waals surface area (Å²) >= 11 is 0. The van der Waals surface area contributed by atoms with E-state index in [4.69, 9.17) is 9.47 Å². The summed E-state index contributed by atoms with van der Waals surface area (Å²) in [6, 6.07) is 20.0. The summed E-state index contributed by atoms with van der Waals surface area (Å²) in [6.07, 6.45) is 3.22. The van der Waals surface area contributed by atoms with Gasteiger partial charge >= 0.3 is 0 Å². The molecular weight excluding hydrogens is 418 g/mol. The number of hydrogen-bond acceptors (Lipinski definition) is 6. The monoisotopic (exact) mass is 441 g/mol. The highest BCUT2D eigenvalue weighted by molar-refractivity contribution is 6.01. The SMILES string of the molecule is COc1ccc(/C=C/C(=O)Nc2ccc(Oc3ccc(-n4nc(C)cc4C)nn3)cc2)cc1. The fourth-order valence-corrected chi connectivity index (χ4v) is 3.14. The number of aryl methyl sites for hydroxylation is 2. The Kier molecular flexibility index (Phi) is 6.45. The molecule has 166 valence electrons. The van der Waals surface area contributed by atoms with E-state index in [1.807, 2.05) is 44.2 Å². The number of benzene rings is 2. The molecule has 1 amide bonds. The zero-order valence-corrected chi connectivity index (χ0v) is 18.5. The van der Waals surface area contributed by atoms with E-state index in [2.05, 4.69) is 20.6 Å². The van der Waals surface area contributed by atoms with Gasteiger partial charge in [0.15, 0.2) is 5.82 Å². The number of rotatable bonds is 7. The van der Waals surface area contributed by atoms with Crippen LogP contribution in [0, 0.1) is 13.8 Å². The molecule has 0 radical (unpaired) electrons. The van der Waals surface area contributed by atoms with Gasteiger partial charge in [0.05, 0.1) is 12.8 Å². The molecule has 0 aliphatic rings. The van der Waals surface area contributed by atoms with Crippen LogP contribution in [0.1, 0.15) is 17.0 Å². The number of hydrogen-bond donors (Lipinski definition) is 1. The number of carbonyl (C=O) groups excluding carboxylic acids is 1. The molecule has 33 heavy (non-hydrogen) atoms. The average molecular weight is 441 g/mol. The van der Waals surface area contributed by atoms with E-state index in [0.717, 1.165) is 22.7 Å². The standard InChI is InChI=1S/C25H23N5O3/c1-17-16-18(2)30(29-17)23-13-15-25(28-27-23)33-22-11-7-20(8-12-22)26-24(31)14-6-19-4-9-21(32-3)10-5-19/h4-16H,1-3H3,(H,26,31)/b14-6+. The molecular formula is C25H23N5O3. The number of amides is 1. The van der Waals surface area contributed by atoms with Crippen LogP contribution in [0.25, 0.3) is 11.9 Å². The molecule has 2 aromatic carbocycles. The lowest BCUT2D eigenvalue weighted by atomic mass is 10.2. The Morgan fingerprint density at radius 1 is 0.939 bits per heavy atom. The fourth-order valence-electron chi connectivity index (χ4n) is 3.14. The highest BCUT2D eigenvalue weighted by Gasteiger charge is 2.07. The predicted molar refractivity (Wildman–Crippen MR) is 126 cm³/mol. The molecule has 0 bridgehead atoms. The molecule has 0 unspecified atom stereocenters. The second kappa shape index (κ2) is 9.78. The van der Waals surface area contributed by atoms with Crippen molar-refractivity contribution in [3.8, 4) is 23.2 Å². The van der Waals surface area contributed by atoms with Crippen LogP contribution in [0.4, 0.5) is 5.69 Å². The van der Waals surface area contributed by atoms with Gasteiger partial charge in [-0.2, -0.15) is 5.10 Å². The molecule has 0 aliphatic heterocycles. The Morgan fingerprint density at radius 2 is 1.67 bits per heavy atom. The maximum Gasteiger partial charge on any atom is 0.248 e. The Hall–Kier alpha value is -4.46. The van der Waals surface area contributed by atoms with Crippen molar-refractivity contribution in [2.24, 2.45) is 0 Å². The van der Waals surface area contributed by atoms with Crippen molar-refractivity contribution in [2.75, 3.05) is 12.4 Å². The number of carbonyl (C=O) groups is 1. The van der Waals surface area contributed by atoms with Crippen molar-refractivity contribution in [1.82, 2.24) is 20.0 Å². The number of nitrogens with zero attached hydrogens (tertiary/aromatic N) is 4. The molecule has 4 rings (SSSR count). The average Bonchev–Trinajstić information content (AvgIpc) is 3.17. The van der Waals surface area contributed by atoms with Crippen molar-refractivity contribution >= 4 is 17.7 Å². The van der Waals surface area contributed by atoms with Crippen molar-refractivity contribution in [3.05, 3.63) is 89.8 Å². The first-order chi connectivity index (χ1) is 16.0. The Balaban J connectivity index is 1.33. The number of methoxy groups -OCH3 is 1. The first kappa shape index (κ1) is 21.8. The van der Waals surface area contributed by atoms with Gasteiger partial charge in [-0.3, -0.25) is 4.79 Å². The van der Waals surface area contributed by atoms with Gasteiger partial charge in [-0.1, -0.05) is 12.1 Å². The summed E-state index contributed by atoms with van der Waals surface area (Å²) in [5, 5.41) is 15.5. The van der Waals surface area contributed by atoms with Crippen molar-refractivity contribution in [1.29, 1.82) is 0 Å². The van der Waals surface area contributed by atoms with Gasteiger partial charge in [0, 0.05) is 23.5 Å². The summed E-state index contributed by atoms with van der Waals surface area (Å²) in [5.41, 5.74) is 3.45. The summed E-state index contributed by atoms with van der Waals surface area (Å²) in [5.74, 6) is 2.09. The van der Waals surface area contributed by atoms with Crippen LogP contribution in [0.3, 0.4) is 0 Å². The van der Waals surface area contributed by atoms with Crippen LogP contribution in [-0.4, -0.2) is 33.0 Å². The molecule has 0 saturated heterocycles. The van der Waals surface area contributed by atoms with Crippen LogP contribution in [-0.2, 0) is 4.79 Å². The molecule has 0 fully saturated rings. The van der Waals surface area contributed by atoms with E-state index >= 15 is 0 Å². The summed E-state index contributed by atoms with van der Waals surface area (Å²) in [7, 11) is 1.61. The zero-order chi connectivity index (χ0) is 23.2. The Bertz CT molecular complexity index is 1260. The third-order valence-corrected chi connectivity index (χ3v) is 4.74. The van der Waals surface area contributed by atoms with Crippen LogP contribution < -0.4 is 14.8 Å². The molecule has 0 atom stereocenters. The Morgan fingerprint density at radius 3 is 2.27 bits per heavy atom. The zero-order valence-electron chi connectivity index (χ0n) is 18.5. The van der Waals surface area contributed by atoms with Gasteiger partial charge in [-0.05, 0) is 74.0 Å². The van der Waals surface area contributed by atoms with E-state index in [1.165, 1.54) is 6.08 Å². The van der Waals surface area contributed by atoms with E-state index < -0.39 is 0 Å². The van der Waals surface area contributed by atoms with Gasteiger partial charge in [-0.25, -0.2) is 4.68 Å². The number of nitrogens with one attached hydrogen (secondary N) is 1. The third-order valence-electron chi connectivity index (χ3n) is 4.74. The lowest BCUT2D eigenvalue weighted by Gasteiger charge is -2.07. The normalized spacial score (nSPS) is 10.9. The first-order valence-corrected chi connectivity index (χ1v) is 10.3. The van der Waals surface area contributed by atoms with Gasteiger partial charge in [0.2, 0.25) is 11.8 Å². The maximum atomic E-state index is 12.2. The van der Waals surface area contributed by atoms with Gasteiger partial charge in [0.1, 0.15) is 11.5 Å². The number of aromatic nitrogens is 4. The molecule has 0 aliphatic carbocycles. The summed E-state index contributed by atoms with van der Waals surface area (Å²) in [4.78, 5) is 12.2. The number of anilines is 1. The molecule has 2 aromatic heterocycles. The molecule has 8 nitrogen and oxygen atoms in total. The van der Waals surface area contributed by atoms with Gasteiger partial charge in [-0.15, -0.1) is 10.2 Å². The lowest BCUT2D eigenvalue weighted by Crippen LogP contribution is -2.07. The Labute approximate surface area is 191 Å². The highest BCUT2D eigenvalue weighted by atomic mass is 16.5. The van der Waals surface area contributed by atoms with Crippen LogP contribution >= 0.6 is 0 Å². The topological polar surface area (TPSA) is 91.2 Å². The molecule has 0 spiro atoms. The summed E-state index contributed by atoms with van der Waals surface area (Å²) in [6.45, 7) is 3.89. The molecule has 2 heterocycles. The largest absolute Gasteiger partial charge is 0.497 e. The summed E-state index contributed by atoms with van der Waals surface area (Å²) < 4.78 is 12.6. The second-order valence-electron chi connectivity index (χ2n) is 7.29. The highest BCUT2D eigenvalue weighted by Crippen LogP contribution is 2.22. The van der Waals surface area contributed by atoms with Gasteiger partial charge < -0.3 is 14.8 Å². The van der Waals surface area contributed by atoms with E-state index in [1.54, 1.807) is 54.3 Å². The minimum Gasteiger partial charge on any atom is -0.497 e.